The topological polar surface area (TPSA) is 85.1 Å². The predicted molar refractivity (Wildman–Crippen MR) is 78.7 cm³/mol. The molecule has 0 spiro atoms. The Balaban J connectivity index is 2.24. The lowest BCUT2D eigenvalue weighted by molar-refractivity contribution is 0.473. The molecule has 2 aromatic heterocycles. The van der Waals surface area contributed by atoms with Gasteiger partial charge in [0.2, 0.25) is 0 Å². The van der Waals surface area contributed by atoms with Gasteiger partial charge in [0, 0.05) is 25.1 Å². The molecule has 0 saturated heterocycles. The summed E-state index contributed by atoms with van der Waals surface area (Å²) in [4.78, 5) is 8.60. The average molecular weight is 303 g/mol. The molecular formula is C14H13N3O3S. The number of nitrogens with zero attached hydrogens (tertiary/aromatic N) is 3. The smallest absolute Gasteiger partial charge is 0.175 e. The highest BCUT2D eigenvalue weighted by Crippen LogP contribution is 2.26. The van der Waals surface area contributed by atoms with Crippen molar-refractivity contribution in [2.45, 2.75) is 4.90 Å². The molecule has 0 fully saturated rings. The molecule has 1 aromatic carbocycles. The van der Waals surface area contributed by atoms with E-state index in [1.165, 1.54) is 6.20 Å². The van der Waals surface area contributed by atoms with Crippen LogP contribution in [-0.4, -0.2) is 34.3 Å². The van der Waals surface area contributed by atoms with Crippen LogP contribution in [0, 0.1) is 0 Å². The van der Waals surface area contributed by atoms with Gasteiger partial charge in [-0.1, -0.05) is 0 Å². The molecule has 6 nitrogen and oxygen atoms in total. The second-order valence-corrected chi connectivity index (χ2v) is 6.86. The molecule has 0 radical (unpaired) electrons. The Kier molecular flexibility index (Phi) is 2.94. The van der Waals surface area contributed by atoms with Crippen molar-refractivity contribution in [1.29, 1.82) is 0 Å². The van der Waals surface area contributed by atoms with E-state index in [2.05, 4.69) is 9.97 Å². The standard InChI is InChI=1S/C14H13N3O3S/c1-17-13-4-3-11(21(2,19)20)6-12(13)16-14(17)9-5-10(18)8-15-7-9/h3-8,18H,1-2H3. The number of hydrogen-bond donors (Lipinski definition) is 1. The number of imidazole rings is 1. The number of aryl methyl sites for hydroxylation is 1. The van der Waals surface area contributed by atoms with Gasteiger partial charge in [0.25, 0.3) is 0 Å². The third-order valence-electron chi connectivity index (χ3n) is 3.26. The van der Waals surface area contributed by atoms with E-state index in [0.29, 0.717) is 16.9 Å². The quantitative estimate of drug-likeness (QED) is 0.779. The Morgan fingerprint density at radius 3 is 2.62 bits per heavy atom. The van der Waals surface area contributed by atoms with Gasteiger partial charge in [0.05, 0.1) is 22.1 Å². The van der Waals surface area contributed by atoms with E-state index >= 15 is 0 Å². The van der Waals surface area contributed by atoms with Gasteiger partial charge in [-0.2, -0.15) is 0 Å². The first-order valence-electron chi connectivity index (χ1n) is 6.17. The lowest BCUT2D eigenvalue weighted by Gasteiger charge is -2.02. The van der Waals surface area contributed by atoms with Crippen LogP contribution in [-0.2, 0) is 16.9 Å². The number of rotatable bonds is 2. The Bertz CT molecular complexity index is 945. The fourth-order valence-corrected chi connectivity index (χ4v) is 2.86. The first kappa shape index (κ1) is 13.6. The molecule has 1 N–H and O–H groups in total. The summed E-state index contributed by atoms with van der Waals surface area (Å²) in [7, 11) is -1.44. The normalized spacial score (nSPS) is 11.9. The predicted octanol–water partition coefficient (Wildman–Crippen LogP) is 1.74. The third kappa shape index (κ3) is 2.36. The van der Waals surface area contributed by atoms with Crippen molar-refractivity contribution in [2.75, 3.05) is 6.26 Å². The second-order valence-electron chi connectivity index (χ2n) is 4.85. The highest BCUT2D eigenvalue weighted by atomic mass is 32.2. The maximum Gasteiger partial charge on any atom is 0.175 e. The van der Waals surface area contributed by atoms with E-state index in [0.717, 1.165) is 11.8 Å². The minimum atomic E-state index is -3.27. The van der Waals surface area contributed by atoms with E-state index < -0.39 is 9.84 Å². The number of pyridine rings is 1. The molecule has 0 unspecified atom stereocenters. The van der Waals surface area contributed by atoms with Gasteiger partial charge in [-0.3, -0.25) is 4.98 Å². The molecule has 108 valence electrons. The fraction of sp³-hybridized carbons (Fsp3) is 0.143. The van der Waals surface area contributed by atoms with Crippen molar-refractivity contribution >= 4 is 20.9 Å². The first-order chi connectivity index (χ1) is 9.86. The van der Waals surface area contributed by atoms with Crippen LogP contribution in [0.25, 0.3) is 22.4 Å². The summed E-state index contributed by atoms with van der Waals surface area (Å²) in [6.07, 6.45) is 4.10. The van der Waals surface area contributed by atoms with Crippen LogP contribution in [0.5, 0.6) is 5.75 Å². The third-order valence-corrected chi connectivity index (χ3v) is 4.37. The molecule has 2 heterocycles. The van der Waals surface area contributed by atoms with E-state index in [4.69, 9.17) is 0 Å². The van der Waals surface area contributed by atoms with Gasteiger partial charge in [0.1, 0.15) is 11.6 Å². The second kappa shape index (κ2) is 4.56. The summed E-state index contributed by atoms with van der Waals surface area (Å²) in [5.41, 5.74) is 2.05. The molecule has 3 aromatic rings. The number of benzene rings is 1. The molecular weight excluding hydrogens is 290 g/mol. The maximum absolute atomic E-state index is 11.6. The molecule has 0 amide bonds. The highest BCUT2D eigenvalue weighted by molar-refractivity contribution is 7.90. The molecule has 21 heavy (non-hydrogen) atoms. The molecule has 0 aliphatic rings. The average Bonchev–Trinajstić information content (AvgIpc) is 2.75. The Morgan fingerprint density at radius 2 is 1.95 bits per heavy atom. The van der Waals surface area contributed by atoms with Crippen molar-refractivity contribution in [2.24, 2.45) is 7.05 Å². The van der Waals surface area contributed by atoms with Crippen LogP contribution in [0.2, 0.25) is 0 Å². The van der Waals surface area contributed by atoms with Crippen molar-refractivity contribution in [1.82, 2.24) is 14.5 Å². The fourth-order valence-electron chi connectivity index (χ4n) is 2.22. The van der Waals surface area contributed by atoms with Gasteiger partial charge < -0.3 is 9.67 Å². The number of hydrogen-bond acceptors (Lipinski definition) is 5. The van der Waals surface area contributed by atoms with E-state index in [-0.39, 0.29) is 10.6 Å². The van der Waals surface area contributed by atoms with Crippen LogP contribution < -0.4 is 0 Å². The summed E-state index contributed by atoms with van der Waals surface area (Å²) >= 11 is 0. The zero-order valence-corrected chi connectivity index (χ0v) is 12.3. The SMILES string of the molecule is Cn1c(-c2cncc(O)c2)nc2cc(S(C)(=O)=O)ccc21. The van der Waals surface area contributed by atoms with Crippen LogP contribution in [0.3, 0.4) is 0 Å². The Morgan fingerprint density at radius 1 is 1.19 bits per heavy atom. The number of sulfone groups is 1. The first-order valence-corrected chi connectivity index (χ1v) is 8.06. The van der Waals surface area contributed by atoms with Gasteiger partial charge in [0.15, 0.2) is 9.84 Å². The Hall–Kier alpha value is -2.41. The van der Waals surface area contributed by atoms with Gasteiger partial charge in [-0.15, -0.1) is 0 Å². The molecule has 3 rings (SSSR count). The van der Waals surface area contributed by atoms with Crippen LogP contribution in [0.1, 0.15) is 0 Å². The van der Waals surface area contributed by atoms with Crippen LogP contribution in [0.4, 0.5) is 0 Å². The number of fused-ring (bicyclic) bond motifs is 1. The largest absolute Gasteiger partial charge is 0.506 e. The summed E-state index contributed by atoms with van der Waals surface area (Å²) < 4.78 is 25.0. The molecule has 0 atom stereocenters. The minimum absolute atomic E-state index is 0.0522. The summed E-state index contributed by atoms with van der Waals surface area (Å²) in [6, 6.07) is 6.39. The minimum Gasteiger partial charge on any atom is -0.506 e. The van der Waals surface area contributed by atoms with Crippen LogP contribution in [0.15, 0.2) is 41.6 Å². The zero-order valence-electron chi connectivity index (χ0n) is 11.5. The highest BCUT2D eigenvalue weighted by Gasteiger charge is 2.14. The lowest BCUT2D eigenvalue weighted by Crippen LogP contribution is -1.96. The monoisotopic (exact) mass is 303 g/mol. The van der Waals surface area contributed by atoms with Gasteiger partial charge in [-0.25, -0.2) is 13.4 Å². The Labute approximate surface area is 121 Å². The van der Waals surface area contributed by atoms with E-state index in [9.17, 15) is 13.5 Å². The molecule has 0 saturated carbocycles. The lowest BCUT2D eigenvalue weighted by atomic mass is 10.2. The van der Waals surface area contributed by atoms with E-state index in [1.807, 2.05) is 11.6 Å². The summed E-state index contributed by atoms with van der Waals surface area (Å²) in [5, 5.41) is 9.51. The van der Waals surface area contributed by atoms with Crippen molar-refractivity contribution < 1.29 is 13.5 Å². The summed E-state index contributed by atoms with van der Waals surface area (Å²) in [5.74, 6) is 0.662. The number of aromatic nitrogens is 3. The van der Waals surface area contributed by atoms with Crippen LogP contribution >= 0.6 is 0 Å². The molecule has 7 heteroatoms. The molecule has 0 aliphatic carbocycles. The summed E-state index contributed by atoms with van der Waals surface area (Å²) in [6.45, 7) is 0. The van der Waals surface area contributed by atoms with E-state index in [1.54, 1.807) is 30.5 Å². The van der Waals surface area contributed by atoms with Crippen molar-refractivity contribution in [3.05, 3.63) is 36.7 Å². The van der Waals surface area contributed by atoms with Crippen molar-refractivity contribution in [3.63, 3.8) is 0 Å². The zero-order chi connectivity index (χ0) is 15.2. The van der Waals surface area contributed by atoms with Gasteiger partial charge in [-0.05, 0) is 24.3 Å². The molecule has 0 bridgehead atoms. The van der Waals surface area contributed by atoms with Gasteiger partial charge >= 0.3 is 0 Å². The number of aromatic hydroxyl groups is 1. The van der Waals surface area contributed by atoms with Crippen molar-refractivity contribution in [3.8, 4) is 17.1 Å². The molecule has 0 aliphatic heterocycles. The maximum atomic E-state index is 11.6.